The fourth-order valence-electron chi connectivity index (χ4n) is 5.37. The Morgan fingerprint density at radius 1 is 1.00 bits per heavy atom. The van der Waals surface area contributed by atoms with Gasteiger partial charge in [0, 0.05) is 38.5 Å². The van der Waals surface area contributed by atoms with Gasteiger partial charge in [-0.1, -0.05) is 36.4 Å². The number of hydrogen-bond donors (Lipinski definition) is 2. The largest absolute Gasteiger partial charge is 0.343 e. The monoisotopic (exact) mass is 521 g/mol. The summed E-state index contributed by atoms with van der Waals surface area (Å²) in [6.45, 7) is 4.85. The highest BCUT2D eigenvalue weighted by atomic mass is 16.2. The SMILES string of the molecule is CC(=O)N(C)[C@@H](C)C(=O)NC1CCCN(C(C)=O)[C@H]2CC[C@H](C(=O)Nc3cccc4ccccc34)N2C1=O. The van der Waals surface area contributed by atoms with Gasteiger partial charge in [0.1, 0.15) is 24.3 Å². The van der Waals surface area contributed by atoms with Crippen LogP contribution in [0.25, 0.3) is 10.8 Å². The molecule has 10 heteroatoms. The zero-order valence-corrected chi connectivity index (χ0v) is 22.3. The van der Waals surface area contributed by atoms with Crippen molar-refractivity contribution in [3.8, 4) is 0 Å². The predicted octanol–water partition coefficient (Wildman–Crippen LogP) is 2.09. The van der Waals surface area contributed by atoms with Crippen LogP contribution < -0.4 is 10.6 Å². The molecule has 4 rings (SSSR count). The van der Waals surface area contributed by atoms with Crippen molar-refractivity contribution < 1.29 is 24.0 Å². The van der Waals surface area contributed by atoms with Gasteiger partial charge in [-0.05, 0) is 44.1 Å². The minimum Gasteiger partial charge on any atom is -0.343 e. The van der Waals surface area contributed by atoms with Crippen molar-refractivity contribution in [1.29, 1.82) is 0 Å². The van der Waals surface area contributed by atoms with Gasteiger partial charge in [0.05, 0.1) is 0 Å². The van der Waals surface area contributed by atoms with E-state index >= 15 is 0 Å². The third-order valence-corrected chi connectivity index (χ3v) is 7.69. The first-order chi connectivity index (χ1) is 18.1. The molecule has 0 bridgehead atoms. The van der Waals surface area contributed by atoms with Crippen LogP contribution in [0, 0.1) is 0 Å². The molecule has 1 unspecified atom stereocenters. The molecule has 38 heavy (non-hydrogen) atoms. The summed E-state index contributed by atoms with van der Waals surface area (Å²) in [7, 11) is 1.53. The van der Waals surface area contributed by atoms with Crippen LogP contribution in [-0.4, -0.2) is 82.1 Å². The molecule has 2 N–H and O–H groups in total. The smallest absolute Gasteiger partial charge is 0.247 e. The molecule has 4 atom stereocenters. The summed E-state index contributed by atoms with van der Waals surface area (Å²) in [5, 5.41) is 7.66. The molecule has 2 aromatic rings. The molecule has 2 fully saturated rings. The van der Waals surface area contributed by atoms with Crippen molar-refractivity contribution >= 4 is 46.0 Å². The fourth-order valence-corrected chi connectivity index (χ4v) is 5.37. The Morgan fingerprint density at radius 3 is 2.42 bits per heavy atom. The molecule has 5 amide bonds. The van der Waals surface area contributed by atoms with E-state index in [1.165, 1.54) is 30.7 Å². The lowest BCUT2D eigenvalue weighted by Crippen LogP contribution is -2.61. The van der Waals surface area contributed by atoms with Crippen molar-refractivity contribution in [2.75, 3.05) is 18.9 Å². The Morgan fingerprint density at radius 2 is 1.71 bits per heavy atom. The van der Waals surface area contributed by atoms with Crippen molar-refractivity contribution in [3.05, 3.63) is 42.5 Å². The van der Waals surface area contributed by atoms with Crippen molar-refractivity contribution in [1.82, 2.24) is 20.0 Å². The Labute approximate surface area is 222 Å². The maximum atomic E-state index is 13.9. The second kappa shape index (κ2) is 11.2. The molecule has 2 aromatic carbocycles. The van der Waals surface area contributed by atoms with Crippen molar-refractivity contribution in [3.63, 3.8) is 0 Å². The maximum Gasteiger partial charge on any atom is 0.247 e. The van der Waals surface area contributed by atoms with Crippen LogP contribution in [0.5, 0.6) is 0 Å². The van der Waals surface area contributed by atoms with Gasteiger partial charge >= 0.3 is 0 Å². The lowest BCUT2D eigenvalue weighted by atomic mass is 10.1. The Hall–Kier alpha value is -3.95. The molecule has 202 valence electrons. The van der Waals surface area contributed by atoms with E-state index in [0.29, 0.717) is 37.9 Å². The van der Waals surface area contributed by atoms with Gasteiger partial charge in [-0.25, -0.2) is 0 Å². The Bertz CT molecular complexity index is 1260. The molecular formula is C28H35N5O5. The molecule has 0 aliphatic carbocycles. The Kier molecular flexibility index (Phi) is 7.99. The molecule has 0 saturated carbocycles. The number of hydrogen-bond acceptors (Lipinski definition) is 5. The van der Waals surface area contributed by atoms with Gasteiger partial charge < -0.3 is 25.3 Å². The summed E-state index contributed by atoms with van der Waals surface area (Å²) in [6, 6.07) is 10.9. The summed E-state index contributed by atoms with van der Waals surface area (Å²) in [5.41, 5.74) is 0.644. The highest BCUT2D eigenvalue weighted by Crippen LogP contribution is 2.32. The standard InChI is InChI=1S/C28H35N5O5/c1-17(31(4)18(2)34)26(36)30-23-13-8-16-32(19(3)35)25-15-14-24(33(25)28(23)38)27(37)29-22-12-7-10-20-9-5-6-11-21(20)22/h5-7,9-12,17,23-25H,8,13-16H2,1-4H3,(H,29,37)(H,30,36)/t17-,23?,24+,25+/m0/s1. The maximum absolute atomic E-state index is 13.9. The minimum atomic E-state index is -0.868. The van der Waals surface area contributed by atoms with E-state index in [9.17, 15) is 24.0 Å². The van der Waals surface area contributed by atoms with E-state index in [1.807, 2.05) is 42.5 Å². The molecule has 0 spiro atoms. The van der Waals surface area contributed by atoms with E-state index in [-0.39, 0.29) is 17.7 Å². The average molecular weight is 522 g/mol. The number of carbonyl (C=O) groups is 5. The molecular weight excluding hydrogens is 486 g/mol. The van der Waals surface area contributed by atoms with Crippen LogP contribution in [0.2, 0.25) is 0 Å². The number of fused-ring (bicyclic) bond motifs is 2. The lowest BCUT2D eigenvalue weighted by Gasteiger charge is -2.41. The first kappa shape index (κ1) is 27.1. The number of amides is 5. The number of rotatable bonds is 5. The van der Waals surface area contributed by atoms with Gasteiger partial charge in [-0.15, -0.1) is 0 Å². The normalized spacial score (nSPS) is 22.2. The van der Waals surface area contributed by atoms with Crippen molar-refractivity contribution in [2.45, 2.75) is 70.7 Å². The quantitative estimate of drug-likeness (QED) is 0.625. The van der Waals surface area contributed by atoms with E-state index in [0.717, 1.165) is 10.8 Å². The highest BCUT2D eigenvalue weighted by Gasteiger charge is 2.47. The third-order valence-electron chi connectivity index (χ3n) is 7.69. The average Bonchev–Trinajstić information content (AvgIpc) is 3.32. The number of benzene rings is 2. The second-order valence-corrected chi connectivity index (χ2v) is 10.1. The predicted molar refractivity (Wildman–Crippen MR) is 143 cm³/mol. The highest BCUT2D eigenvalue weighted by molar-refractivity contribution is 6.05. The number of nitrogens with zero attached hydrogens (tertiary/aromatic N) is 3. The molecule has 2 heterocycles. The Balaban J connectivity index is 1.60. The topological polar surface area (TPSA) is 119 Å². The first-order valence-corrected chi connectivity index (χ1v) is 13.0. The number of nitrogens with one attached hydrogen (secondary N) is 2. The molecule has 2 aliphatic rings. The van der Waals surface area contributed by atoms with Crippen LogP contribution in [0.15, 0.2) is 42.5 Å². The van der Waals surface area contributed by atoms with Gasteiger partial charge in [-0.3, -0.25) is 24.0 Å². The minimum absolute atomic E-state index is 0.165. The van der Waals surface area contributed by atoms with Crippen LogP contribution in [-0.2, 0) is 24.0 Å². The molecule has 0 radical (unpaired) electrons. The lowest BCUT2D eigenvalue weighted by molar-refractivity contribution is -0.152. The van der Waals surface area contributed by atoms with Gasteiger partial charge in [0.2, 0.25) is 29.5 Å². The van der Waals surface area contributed by atoms with Gasteiger partial charge in [0.25, 0.3) is 0 Å². The molecule has 2 aliphatic heterocycles. The van der Waals surface area contributed by atoms with E-state index < -0.39 is 36.1 Å². The summed E-state index contributed by atoms with van der Waals surface area (Å²) in [5.74, 6) is -1.61. The van der Waals surface area contributed by atoms with E-state index in [2.05, 4.69) is 10.6 Å². The summed E-state index contributed by atoms with van der Waals surface area (Å²) in [6.07, 6.45) is 1.11. The molecule has 10 nitrogen and oxygen atoms in total. The van der Waals surface area contributed by atoms with E-state index in [1.54, 1.807) is 11.8 Å². The van der Waals surface area contributed by atoms with Crippen LogP contribution >= 0.6 is 0 Å². The van der Waals surface area contributed by atoms with Crippen LogP contribution in [0.1, 0.15) is 46.5 Å². The number of carbonyl (C=O) groups excluding carboxylic acids is 5. The summed E-state index contributed by atoms with van der Waals surface area (Å²) >= 11 is 0. The number of anilines is 1. The fraction of sp³-hybridized carbons (Fsp3) is 0.464. The molecule has 0 aromatic heterocycles. The zero-order valence-electron chi connectivity index (χ0n) is 22.3. The number of likely N-dealkylation sites (N-methyl/N-ethyl adjacent to an activating group) is 1. The second-order valence-electron chi connectivity index (χ2n) is 10.1. The van der Waals surface area contributed by atoms with Crippen molar-refractivity contribution in [2.24, 2.45) is 0 Å². The summed E-state index contributed by atoms with van der Waals surface area (Å²) in [4.78, 5) is 69.1. The molecule has 2 saturated heterocycles. The van der Waals surface area contributed by atoms with Gasteiger partial charge in [-0.2, -0.15) is 0 Å². The third kappa shape index (κ3) is 5.34. The van der Waals surface area contributed by atoms with Crippen LogP contribution in [0.4, 0.5) is 5.69 Å². The first-order valence-electron chi connectivity index (χ1n) is 13.0. The van der Waals surface area contributed by atoms with Crippen LogP contribution in [0.3, 0.4) is 0 Å². The van der Waals surface area contributed by atoms with Gasteiger partial charge in [0.15, 0.2) is 0 Å². The zero-order chi connectivity index (χ0) is 27.6. The van der Waals surface area contributed by atoms with E-state index in [4.69, 9.17) is 0 Å². The summed E-state index contributed by atoms with van der Waals surface area (Å²) < 4.78 is 0.